The number of rotatable bonds is 7. The van der Waals surface area contributed by atoms with Gasteiger partial charge in [-0.05, 0) is 45.4 Å². The Morgan fingerprint density at radius 2 is 1.68 bits per heavy atom. The SMILES string of the molecule is COc1ccc([C@@H]([C@@H](C(C)=O)C(=O)OC(C)(C)C)[C@@H](C)[N+](=O)[O-])cc1. The second kappa shape index (κ2) is 8.09. The lowest BCUT2D eigenvalue weighted by Gasteiger charge is -2.28. The van der Waals surface area contributed by atoms with Crippen LogP contribution in [0.4, 0.5) is 0 Å². The summed E-state index contributed by atoms with van der Waals surface area (Å²) in [5.41, 5.74) is -0.288. The zero-order valence-electron chi connectivity index (χ0n) is 15.4. The molecule has 0 aromatic heterocycles. The van der Waals surface area contributed by atoms with Crippen molar-refractivity contribution >= 4 is 11.8 Å². The second-order valence-corrected chi connectivity index (χ2v) is 6.95. The quantitative estimate of drug-likeness (QED) is 0.324. The number of esters is 1. The van der Waals surface area contributed by atoms with Crippen molar-refractivity contribution in [2.45, 2.75) is 52.2 Å². The fraction of sp³-hybridized carbons (Fsp3) is 0.556. The molecule has 0 amide bonds. The van der Waals surface area contributed by atoms with Gasteiger partial charge >= 0.3 is 5.97 Å². The lowest BCUT2D eigenvalue weighted by Crippen LogP contribution is -2.41. The summed E-state index contributed by atoms with van der Waals surface area (Å²) in [6.45, 7) is 7.68. The highest BCUT2D eigenvalue weighted by atomic mass is 16.6. The molecule has 1 aromatic carbocycles. The summed E-state index contributed by atoms with van der Waals surface area (Å²) in [5, 5.41) is 11.4. The van der Waals surface area contributed by atoms with E-state index in [1.165, 1.54) is 21.0 Å². The van der Waals surface area contributed by atoms with Gasteiger partial charge in [0.1, 0.15) is 23.1 Å². The summed E-state index contributed by atoms with van der Waals surface area (Å²) >= 11 is 0. The van der Waals surface area contributed by atoms with Crippen LogP contribution in [0.25, 0.3) is 0 Å². The van der Waals surface area contributed by atoms with Gasteiger partial charge < -0.3 is 9.47 Å². The first-order valence-electron chi connectivity index (χ1n) is 7.98. The van der Waals surface area contributed by atoms with E-state index in [0.29, 0.717) is 11.3 Å². The Kier molecular flexibility index (Phi) is 6.67. The summed E-state index contributed by atoms with van der Waals surface area (Å²) in [4.78, 5) is 35.7. The molecule has 0 fully saturated rings. The van der Waals surface area contributed by atoms with E-state index in [1.54, 1.807) is 45.0 Å². The van der Waals surface area contributed by atoms with Gasteiger partial charge in [-0.2, -0.15) is 0 Å². The molecule has 0 aliphatic carbocycles. The molecule has 0 aliphatic heterocycles. The predicted octanol–water partition coefficient (Wildman–Crippen LogP) is 2.99. The minimum atomic E-state index is -1.26. The van der Waals surface area contributed by atoms with Crippen LogP contribution in [0.2, 0.25) is 0 Å². The average molecular weight is 351 g/mol. The average Bonchev–Trinajstić information content (AvgIpc) is 2.49. The first-order chi connectivity index (χ1) is 11.5. The topological polar surface area (TPSA) is 95.7 Å². The van der Waals surface area contributed by atoms with Gasteiger partial charge in [-0.15, -0.1) is 0 Å². The summed E-state index contributed by atoms with van der Waals surface area (Å²) in [6, 6.07) is 5.39. The van der Waals surface area contributed by atoms with Gasteiger partial charge in [0.15, 0.2) is 0 Å². The van der Waals surface area contributed by atoms with Crippen molar-refractivity contribution < 1.29 is 24.0 Å². The van der Waals surface area contributed by atoms with Crippen LogP contribution >= 0.6 is 0 Å². The molecule has 0 bridgehead atoms. The minimum absolute atomic E-state index is 0.469. The number of ketones is 1. The van der Waals surface area contributed by atoms with Crippen molar-refractivity contribution in [1.82, 2.24) is 0 Å². The van der Waals surface area contributed by atoms with Crippen LogP contribution in [0, 0.1) is 16.0 Å². The first-order valence-corrected chi connectivity index (χ1v) is 7.98. The van der Waals surface area contributed by atoms with E-state index in [4.69, 9.17) is 9.47 Å². The molecule has 3 atom stereocenters. The molecule has 7 heteroatoms. The number of carbonyl (C=O) groups is 2. The highest BCUT2D eigenvalue weighted by molar-refractivity contribution is 5.99. The lowest BCUT2D eigenvalue weighted by molar-refractivity contribution is -0.523. The van der Waals surface area contributed by atoms with Crippen LogP contribution < -0.4 is 4.74 Å². The maximum Gasteiger partial charge on any atom is 0.317 e. The maximum absolute atomic E-state index is 12.6. The molecule has 0 unspecified atom stereocenters. The Morgan fingerprint density at radius 1 is 1.16 bits per heavy atom. The monoisotopic (exact) mass is 351 g/mol. The molecule has 0 spiro atoms. The standard InChI is InChI=1S/C18H25NO6/c1-11(19(22)23)15(13-7-9-14(24-6)10-8-13)16(12(2)20)17(21)25-18(3,4)5/h7-11,15-16H,1-6H3/t11-,15+,16-/m1/s1. The summed E-state index contributed by atoms with van der Waals surface area (Å²) in [7, 11) is 1.51. The maximum atomic E-state index is 12.6. The van der Waals surface area contributed by atoms with Gasteiger partial charge in [-0.1, -0.05) is 12.1 Å². The number of nitrogens with zero attached hydrogens (tertiary/aromatic N) is 1. The van der Waals surface area contributed by atoms with Gasteiger partial charge in [0.2, 0.25) is 6.04 Å². The summed E-state index contributed by atoms with van der Waals surface area (Å²) in [5.74, 6) is -2.84. The Morgan fingerprint density at radius 3 is 2.04 bits per heavy atom. The molecule has 7 nitrogen and oxygen atoms in total. The Balaban J connectivity index is 3.37. The molecule has 0 saturated carbocycles. The van der Waals surface area contributed by atoms with E-state index in [-0.39, 0.29) is 0 Å². The van der Waals surface area contributed by atoms with E-state index in [2.05, 4.69) is 0 Å². The molecule has 0 aliphatic rings. The first kappa shape index (κ1) is 20.6. The van der Waals surface area contributed by atoms with Gasteiger partial charge in [0.25, 0.3) is 0 Å². The fourth-order valence-electron chi connectivity index (χ4n) is 2.64. The number of nitro groups is 1. The van der Waals surface area contributed by atoms with Gasteiger partial charge in [-0.3, -0.25) is 19.7 Å². The van der Waals surface area contributed by atoms with Crippen molar-refractivity contribution in [1.29, 1.82) is 0 Å². The van der Waals surface area contributed by atoms with Crippen molar-refractivity contribution in [3.05, 3.63) is 39.9 Å². The summed E-state index contributed by atoms with van der Waals surface area (Å²) < 4.78 is 10.4. The van der Waals surface area contributed by atoms with Crippen molar-refractivity contribution in [2.75, 3.05) is 7.11 Å². The number of ether oxygens (including phenoxy) is 2. The molecule has 0 N–H and O–H groups in total. The molecule has 0 radical (unpaired) electrons. The van der Waals surface area contributed by atoms with Gasteiger partial charge in [0.05, 0.1) is 13.0 Å². The van der Waals surface area contributed by atoms with Crippen LogP contribution in [-0.4, -0.2) is 35.4 Å². The molecular formula is C18H25NO6. The van der Waals surface area contributed by atoms with Crippen LogP contribution in [0.5, 0.6) is 5.75 Å². The third-order valence-electron chi connectivity index (χ3n) is 3.81. The molecule has 25 heavy (non-hydrogen) atoms. The highest BCUT2D eigenvalue weighted by Gasteiger charge is 2.44. The minimum Gasteiger partial charge on any atom is -0.497 e. The van der Waals surface area contributed by atoms with Crippen LogP contribution in [0.1, 0.15) is 46.1 Å². The molecule has 0 saturated heterocycles. The smallest absolute Gasteiger partial charge is 0.317 e. The van der Waals surface area contributed by atoms with Gasteiger partial charge in [-0.25, -0.2) is 0 Å². The molecule has 1 aromatic rings. The van der Waals surface area contributed by atoms with Crippen molar-refractivity contribution in [3.63, 3.8) is 0 Å². The second-order valence-electron chi connectivity index (χ2n) is 6.95. The van der Waals surface area contributed by atoms with Crippen molar-refractivity contribution in [2.24, 2.45) is 5.92 Å². The number of carbonyl (C=O) groups excluding carboxylic acids is 2. The zero-order valence-corrected chi connectivity index (χ0v) is 15.4. The fourth-order valence-corrected chi connectivity index (χ4v) is 2.64. The number of benzene rings is 1. The lowest BCUT2D eigenvalue weighted by atomic mass is 9.79. The Bertz CT molecular complexity index is 632. The van der Waals surface area contributed by atoms with E-state index in [9.17, 15) is 19.7 Å². The van der Waals surface area contributed by atoms with Crippen molar-refractivity contribution in [3.8, 4) is 5.75 Å². The summed E-state index contributed by atoms with van der Waals surface area (Å²) in [6.07, 6.45) is 0. The third kappa shape index (κ3) is 5.55. The molecule has 1 rings (SSSR count). The van der Waals surface area contributed by atoms with Crippen LogP contribution in [0.3, 0.4) is 0 Å². The molecular weight excluding hydrogens is 326 g/mol. The Hall–Kier alpha value is -2.44. The van der Waals surface area contributed by atoms with E-state index >= 15 is 0 Å². The molecule has 0 heterocycles. The number of Topliss-reactive ketones (excluding diaryl/α,β-unsaturated/α-hetero) is 1. The Labute approximate surface area is 147 Å². The largest absolute Gasteiger partial charge is 0.497 e. The normalized spacial score (nSPS) is 15.0. The number of hydrogen-bond acceptors (Lipinski definition) is 6. The van der Waals surface area contributed by atoms with Gasteiger partial charge in [0, 0.05) is 11.8 Å². The number of hydrogen-bond donors (Lipinski definition) is 0. The van der Waals surface area contributed by atoms with E-state index in [0.717, 1.165) is 0 Å². The van der Waals surface area contributed by atoms with Crippen LogP contribution in [0.15, 0.2) is 24.3 Å². The number of methoxy groups -OCH3 is 1. The predicted molar refractivity (Wildman–Crippen MR) is 92.2 cm³/mol. The highest BCUT2D eigenvalue weighted by Crippen LogP contribution is 2.33. The van der Waals surface area contributed by atoms with Crippen LogP contribution in [-0.2, 0) is 14.3 Å². The van der Waals surface area contributed by atoms with E-state index < -0.39 is 40.2 Å². The zero-order chi connectivity index (χ0) is 19.4. The van der Waals surface area contributed by atoms with E-state index in [1.807, 2.05) is 0 Å². The third-order valence-corrected chi connectivity index (χ3v) is 3.81. The molecule has 138 valence electrons.